The smallest absolute Gasteiger partial charge is 0.288 e. The van der Waals surface area contributed by atoms with E-state index >= 15 is 0 Å². The molecule has 0 aliphatic carbocycles. The number of esters is 1. The summed E-state index contributed by atoms with van der Waals surface area (Å²) in [6.45, 7) is 0.733. The Hall–Kier alpha value is 0.794. The van der Waals surface area contributed by atoms with Crippen LogP contribution in [0.2, 0.25) is 0 Å². The molecule has 3 nitrogen and oxygen atoms in total. The van der Waals surface area contributed by atoms with Crippen LogP contribution in [0.15, 0.2) is 0 Å². The Balaban J connectivity index is 0.000000405. The van der Waals surface area contributed by atoms with Crippen LogP contribution in [-0.2, 0) is 9.53 Å². The van der Waals surface area contributed by atoms with Gasteiger partial charge in [-0.15, -0.1) is 6.54 Å². The predicted molar refractivity (Wildman–Crippen MR) is 26.5 cm³/mol. The summed E-state index contributed by atoms with van der Waals surface area (Å²) in [6, 6.07) is -0.0972. The third-order valence-electron chi connectivity index (χ3n) is 1.57. The minimum absolute atomic E-state index is 0. The van der Waals surface area contributed by atoms with Gasteiger partial charge in [0, 0.05) is 41.3 Å². The van der Waals surface area contributed by atoms with Crippen molar-refractivity contribution in [2.24, 2.45) is 0 Å². The Bertz CT molecular complexity index is 139. The van der Waals surface area contributed by atoms with Crippen molar-refractivity contribution in [2.45, 2.75) is 18.6 Å². The van der Waals surface area contributed by atoms with Crippen LogP contribution in [-0.4, -0.2) is 24.7 Å². The van der Waals surface area contributed by atoms with E-state index in [1.54, 1.807) is 0 Å². The maximum Gasteiger partial charge on any atom is 0.288 e. The summed E-state index contributed by atoms with van der Waals surface area (Å²) in [5, 5.41) is 4.01. The molecule has 2 aliphatic heterocycles. The molecule has 2 saturated heterocycles. The van der Waals surface area contributed by atoms with Gasteiger partial charge in [0.25, 0.3) is 5.97 Å². The van der Waals surface area contributed by atoms with Crippen molar-refractivity contribution in [1.29, 1.82) is 0 Å². The summed E-state index contributed by atoms with van der Waals surface area (Å²) in [5.74, 6) is -0.124. The topological polar surface area (TPSA) is 40.4 Å². The van der Waals surface area contributed by atoms with Gasteiger partial charge >= 0.3 is 0 Å². The van der Waals surface area contributed by atoms with E-state index in [2.05, 4.69) is 5.32 Å². The third kappa shape index (κ3) is 1.28. The van der Waals surface area contributed by atoms with Crippen LogP contribution in [0.3, 0.4) is 0 Å². The molecule has 0 aromatic rings. The van der Waals surface area contributed by atoms with E-state index in [0.717, 1.165) is 13.0 Å². The number of fused-ring (bicyclic) bond motifs is 2. The minimum Gasteiger partial charge on any atom is -0.647 e. The minimum atomic E-state index is -0.124. The first kappa shape index (κ1) is 7.90. The molecular formula is C5H6NO2Pr-. The molecule has 2 fully saturated rings. The number of carbonyl (C=O) groups excluding carboxylic acids is 1. The number of morpholine rings is 1. The van der Waals surface area contributed by atoms with E-state index in [0.29, 0.717) is 0 Å². The summed E-state index contributed by atoms with van der Waals surface area (Å²) in [7, 11) is 0. The van der Waals surface area contributed by atoms with Gasteiger partial charge < -0.3 is 10.1 Å². The van der Waals surface area contributed by atoms with Crippen molar-refractivity contribution in [1.82, 2.24) is 0 Å². The average Bonchev–Trinajstić information content (AvgIpc) is 2.23. The first-order chi connectivity index (χ1) is 3.86. The van der Waals surface area contributed by atoms with E-state index in [1.807, 2.05) is 0 Å². The molecule has 0 aromatic carbocycles. The molecule has 9 heavy (non-hydrogen) atoms. The van der Waals surface area contributed by atoms with Crippen molar-refractivity contribution >= 4 is 5.97 Å². The van der Waals surface area contributed by atoms with Crippen LogP contribution in [0.5, 0.6) is 0 Å². The zero-order valence-electron chi connectivity index (χ0n) is 4.91. The van der Waals surface area contributed by atoms with Crippen LogP contribution in [0.1, 0.15) is 6.42 Å². The zero-order chi connectivity index (χ0) is 5.56. The van der Waals surface area contributed by atoms with Gasteiger partial charge in [0.1, 0.15) is 0 Å². The molecule has 0 N–H and O–H groups in total. The second-order valence-corrected chi connectivity index (χ2v) is 2.18. The van der Waals surface area contributed by atoms with Gasteiger partial charge in [0.15, 0.2) is 0 Å². The molecule has 2 atom stereocenters. The molecule has 47 valence electrons. The molecule has 0 aromatic heterocycles. The van der Waals surface area contributed by atoms with Crippen molar-refractivity contribution in [3.05, 3.63) is 5.32 Å². The fourth-order valence-corrected chi connectivity index (χ4v) is 1.14. The summed E-state index contributed by atoms with van der Waals surface area (Å²) in [5.41, 5.74) is 0. The van der Waals surface area contributed by atoms with Crippen LogP contribution >= 0.6 is 0 Å². The Morgan fingerprint density at radius 2 is 2.44 bits per heavy atom. The van der Waals surface area contributed by atoms with Gasteiger partial charge in [-0.05, 0) is 12.5 Å². The molecule has 2 aliphatic rings. The Labute approximate surface area is 86.5 Å². The summed E-state index contributed by atoms with van der Waals surface area (Å²) in [4.78, 5) is 10.5. The van der Waals surface area contributed by atoms with Gasteiger partial charge in [-0.3, -0.25) is 4.79 Å². The molecule has 0 spiro atoms. The van der Waals surface area contributed by atoms with Gasteiger partial charge in [-0.1, -0.05) is 0 Å². The van der Waals surface area contributed by atoms with Crippen LogP contribution in [0.4, 0.5) is 0 Å². The standard InChI is InChI=1S/C5H6NO2.Pr/c7-5-4-1-3(8-5)2-6-4;/h3-4H,1-2H2;/q-1;. The fourth-order valence-electron chi connectivity index (χ4n) is 1.14. The molecule has 0 amide bonds. The SMILES string of the molecule is O=C1OC2C[N-]C1C2.[Pr]. The number of hydrogen-bond donors (Lipinski definition) is 0. The number of rotatable bonds is 0. The molecule has 1 radical (unpaired) electrons. The molecule has 2 unspecified atom stereocenters. The molecule has 2 heterocycles. The molecule has 2 rings (SSSR count). The van der Waals surface area contributed by atoms with Gasteiger partial charge in [-0.2, -0.15) is 0 Å². The van der Waals surface area contributed by atoms with Crippen LogP contribution < -0.4 is 0 Å². The third-order valence-corrected chi connectivity index (χ3v) is 1.57. The molecule has 4 heteroatoms. The second-order valence-electron chi connectivity index (χ2n) is 2.18. The number of carbonyl (C=O) groups is 1. The van der Waals surface area contributed by atoms with Crippen LogP contribution in [0, 0.1) is 41.3 Å². The number of hydrogen-bond acceptors (Lipinski definition) is 2. The predicted octanol–water partition coefficient (Wildman–Crippen LogP) is 0.0578. The van der Waals surface area contributed by atoms with Gasteiger partial charge in [-0.25, -0.2) is 0 Å². The monoisotopic (exact) mass is 253 g/mol. The second kappa shape index (κ2) is 2.81. The number of nitrogens with zero attached hydrogens (tertiary/aromatic N) is 1. The van der Waals surface area contributed by atoms with Crippen molar-refractivity contribution in [2.75, 3.05) is 6.54 Å². The number of ether oxygens (including phenoxy) is 1. The van der Waals surface area contributed by atoms with E-state index in [9.17, 15) is 4.79 Å². The van der Waals surface area contributed by atoms with E-state index in [1.165, 1.54) is 0 Å². The molecule has 2 bridgehead atoms. The van der Waals surface area contributed by atoms with Gasteiger partial charge in [0.2, 0.25) is 0 Å². The van der Waals surface area contributed by atoms with Crippen molar-refractivity contribution < 1.29 is 50.8 Å². The van der Waals surface area contributed by atoms with Crippen LogP contribution in [0.25, 0.3) is 5.32 Å². The van der Waals surface area contributed by atoms with Crippen molar-refractivity contribution in [3.63, 3.8) is 0 Å². The largest absolute Gasteiger partial charge is 0.647 e. The Kier molecular flexibility index (Phi) is 2.46. The average molecular weight is 253 g/mol. The summed E-state index contributed by atoms with van der Waals surface area (Å²) in [6.07, 6.45) is 0.964. The Morgan fingerprint density at radius 1 is 1.67 bits per heavy atom. The Morgan fingerprint density at radius 3 is 2.67 bits per heavy atom. The summed E-state index contributed by atoms with van der Waals surface area (Å²) >= 11 is 0. The molecular weight excluding hydrogens is 247 g/mol. The summed E-state index contributed by atoms with van der Waals surface area (Å²) < 4.78 is 4.83. The van der Waals surface area contributed by atoms with E-state index in [-0.39, 0.29) is 59.4 Å². The van der Waals surface area contributed by atoms with E-state index < -0.39 is 0 Å². The maximum atomic E-state index is 10.5. The maximum absolute atomic E-state index is 10.5. The first-order valence-corrected chi connectivity index (χ1v) is 2.73. The van der Waals surface area contributed by atoms with Crippen molar-refractivity contribution in [3.8, 4) is 0 Å². The van der Waals surface area contributed by atoms with E-state index in [4.69, 9.17) is 4.74 Å². The quantitative estimate of drug-likeness (QED) is 0.572. The fraction of sp³-hybridized carbons (Fsp3) is 0.800. The molecule has 0 saturated carbocycles. The van der Waals surface area contributed by atoms with Gasteiger partial charge in [0.05, 0.1) is 6.10 Å². The zero-order valence-corrected chi connectivity index (χ0v) is 8.61. The first-order valence-electron chi connectivity index (χ1n) is 2.73. The normalized spacial score (nSPS) is 38.0.